The van der Waals surface area contributed by atoms with Gasteiger partial charge in [-0.15, -0.1) is 0 Å². The second-order valence-electron chi connectivity index (χ2n) is 7.80. The van der Waals surface area contributed by atoms with Gasteiger partial charge in [-0.3, -0.25) is 0 Å². The lowest BCUT2D eigenvalue weighted by atomic mass is 9.90. The van der Waals surface area contributed by atoms with E-state index in [1.807, 2.05) is 36.4 Å². The first-order valence-electron chi connectivity index (χ1n) is 10.9. The SMILES string of the molecule is OCc1ccccc1-c1ccccc1CCCc1ccccc1-c1ccccc1CO. The van der Waals surface area contributed by atoms with Crippen molar-refractivity contribution in [1.29, 1.82) is 0 Å². The molecule has 4 rings (SSSR count). The number of rotatable bonds is 8. The molecule has 0 radical (unpaired) electrons. The molecule has 0 saturated carbocycles. The van der Waals surface area contributed by atoms with E-state index in [-0.39, 0.29) is 13.2 Å². The van der Waals surface area contributed by atoms with Gasteiger partial charge in [0.05, 0.1) is 13.2 Å². The quantitative estimate of drug-likeness (QED) is 0.365. The molecule has 0 heterocycles. The van der Waals surface area contributed by atoms with E-state index in [4.69, 9.17) is 0 Å². The molecule has 0 atom stereocenters. The van der Waals surface area contributed by atoms with Crippen LogP contribution in [0.5, 0.6) is 0 Å². The Hall–Kier alpha value is -3.20. The molecular formula is C29H28O2. The minimum atomic E-state index is 0.0438. The number of hydrogen-bond acceptors (Lipinski definition) is 2. The molecule has 4 aromatic carbocycles. The maximum Gasteiger partial charge on any atom is 0.0687 e. The van der Waals surface area contributed by atoms with E-state index in [1.165, 1.54) is 22.3 Å². The standard InChI is InChI=1S/C29H28O2/c30-20-24-12-3-7-18-28(24)26-16-5-1-10-22(26)14-9-15-23-11-2-6-17-27(23)29-19-8-4-13-25(29)21-31/h1-8,10-13,16-19,30-31H,9,14-15,20-21H2. The number of aryl methyl sites for hydroxylation is 2. The Morgan fingerprint density at radius 3 is 1.03 bits per heavy atom. The first-order valence-corrected chi connectivity index (χ1v) is 10.9. The Kier molecular flexibility index (Phi) is 6.93. The van der Waals surface area contributed by atoms with Gasteiger partial charge in [0.1, 0.15) is 0 Å². The highest BCUT2D eigenvalue weighted by molar-refractivity contribution is 5.72. The molecule has 0 unspecified atom stereocenters. The van der Waals surface area contributed by atoms with Crippen molar-refractivity contribution >= 4 is 0 Å². The summed E-state index contributed by atoms with van der Waals surface area (Å²) in [5, 5.41) is 19.5. The highest BCUT2D eigenvalue weighted by Gasteiger charge is 2.11. The van der Waals surface area contributed by atoms with Gasteiger partial charge in [-0.25, -0.2) is 0 Å². The molecule has 156 valence electrons. The molecular weight excluding hydrogens is 380 g/mol. The molecule has 0 saturated heterocycles. The zero-order chi connectivity index (χ0) is 21.5. The Morgan fingerprint density at radius 2 is 0.677 bits per heavy atom. The Bertz CT molecular complexity index is 1060. The summed E-state index contributed by atoms with van der Waals surface area (Å²) in [5.74, 6) is 0. The van der Waals surface area contributed by atoms with Crippen LogP contribution in [-0.2, 0) is 26.1 Å². The van der Waals surface area contributed by atoms with Crippen molar-refractivity contribution in [3.8, 4) is 22.3 Å². The molecule has 2 N–H and O–H groups in total. The van der Waals surface area contributed by atoms with Gasteiger partial charge in [0.15, 0.2) is 0 Å². The van der Waals surface area contributed by atoms with Crippen LogP contribution in [0.4, 0.5) is 0 Å². The fourth-order valence-electron chi connectivity index (χ4n) is 4.31. The highest BCUT2D eigenvalue weighted by Crippen LogP contribution is 2.30. The van der Waals surface area contributed by atoms with Crippen LogP contribution < -0.4 is 0 Å². The first kappa shape index (κ1) is 21.0. The average Bonchev–Trinajstić information content (AvgIpc) is 2.84. The van der Waals surface area contributed by atoms with Crippen LogP contribution in [-0.4, -0.2) is 10.2 Å². The van der Waals surface area contributed by atoms with Gasteiger partial charge in [0.2, 0.25) is 0 Å². The van der Waals surface area contributed by atoms with E-state index in [0.717, 1.165) is 41.5 Å². The predicted molar refractivity (Wildman–Crippen MR) is 128 cm³/mol. The van der Waals surface area contributed by atoms with Crippen LogP contribution >= 0.6 is 0 Å². The molecule has 0 spiro atoms. The summed E-state index contributed by atoms with van der Waals surface area (Å²) in [4.78, 5) is 0. The normalized spacial score (nSPS) is 10.9. The molecule has 0 aliphatic rings. The monoisotopic (exact) mass is 408 g/mol. The van der Waals surface area contributed by atoms with Crippen molar-refractivity contribution in [2.24, 2.45) is 0 Å². The lowest BCUT2D eigenvalue weighted by Crippen LogP contribution is -1.98. The fraction of sp³-hybridized carbons (Fsp3) is 0.172. The van der Waals surface area contributed by atoms with Crippen LogP contribution in [0.3, 0.4) is 0 Å². The number of benzene rings is 4. The third-order valence-electron chi connectivity index (χ3n) is 5.88. The van der Waals surface area contributed by atoms with Gasteiger partial charge in [0, 0.05) is 0 Å². The summed E-state index contributed by atoms with van der Waals surface area (Å²) in [6.07, 6.45) is 2.95. The summed E-state index contributed by atoms with van der Waals surface area (Å²) < 4.78 is 0. The second-order valence-corrected chi connectivity index (χ2v) is 7.80. The molecule has 0 aliphatic carbocycles. The third-order valence-corrected chi connectivity index (χ3v) is 5.88. The van der Waals surface area contributed by atoms with Gasteiger partial charge in [-0.05, 0) is 63.8 Å². The minimum absolute atomic E-state index is 0.0438. The molecule has 0 fully saturated rings. The molecule has 0 aromatic heterocycles. The molecule has 2 heteroatoms. The lowest BCUT2D eigenvalue weighted by Gasteiger charge is -2.15. The molecule has 0 bridgehead atoms. The number of aliphatic hydroxyl groups excluding tert-OH is 2. The summed E-state index contributed by atoms with van der Waals surface area (Å²) in [6, 6.07) is 33.1. The Morgan fingerprint density at radius 1 is 0.387 bits per heavy atom. The average molecular weight is 409 g/mol. The van der Waals surface area contributed by atoms with Crippen molar-refractivity contribution in [3.05, 3.63) is 119 Å². The smallest absolute Gasteiger partial charge is 0.0687 e. The van der Waals surface area contributed by atoms with Gasteiger partial charge in [0.25, 0.3) is 0 Å². The lowest BCUT2D eigenvalue weighted by molar-refractivity contribution is 0.282. The zero-order valence-electron chi connectivity index (χ0n) is 17.7. The highest BCUT2D eigenvalue weighted by atomic mass is 16.3. The van der Waals surface area contributed by atoms with E-state index in [0.29, 0.717) is 0 Å². The second kappa shape index (κ2) is 10.2. The van der Waals surface area contributed by atoms with Crippen molar-refractivity contribution in [3.63, 3.8) is 0 Å². The molecule has 4 aromatic rings. The van der Waals surface area contributed by atoms with Crippen LogP contribution in [0.1, 0.15) is 28.7 Å². The van der Waals surface area contributed by atoms with Crippen molar-refractivity contribution in [2.75, 3.05) is 0 Å². The van der Waals surface area contributed by atoms with Crippen molar-refractivity contribution in [1.82, 2.24) is 0 Å². The maximum atomic E-state index is 9.76. The largest absolute Gasteiger partial charge is 0.392 e. The summed E-state index contributed by atoms with van der Waals surface area (Å²) in [6.45, 7) is 0.0876. The first-order chi connectivity index (χ1) is 15.3. The van der Waals surface area contributed by atoms with Gasteiger partial charge < -0.3 is 10.2 Å². The summed E-state index contributed by atoms with van der Waals surface area (Å²) in [7, 11) is 0. The Balaban J connectivity index is 1.56. The third kappa shape index (κ3) is 4.77. The van der Waals surface area contributed by atoms with E-state index < -0.39 is 0 Å². The van der Waals surface area contributed by atoms with E-state index in [2.05, 4.69) is 60.7 Å². The molecule has 0 aliphatic heterocycles. The van der Waals surface area contributed by atoms with Gasteiger partial charge >= 0.3 is 0 Å². The van der Waals surface area contributed by atoms with Crippen LogP contribution in [0, 0.1) is 0 Å². The van der Waals surface area contributed by atoms with E-state index in [1.54, 1.807) is 0 Å². The topological polar surface area (TPSA) is 40.5 Å². The van der Waals surface area contributed by atoms with Crippen LogP contribution in [0.15, 0.2) is 97.1 Å². The van der Waals surface area contributed by atoms with Gasteiger partial charge in [-0.2, -0.15) is 0 Å². The molecule has 2 nitrogen and oxygen atoms in total. The van der Waals surface area contributed by atoms with Gasteiger partial charge in [-0.1, -0.05) is 97.1 Å². The minimum Gasteiger partial charge on any atom is -0.392 e. The van der Waals surface area contributed by atoms with E-state index >= 15 is 0 Å². The molecule has 31 heavy (non-hydrogen) atoms. The maximum absolute atomic E-state index is 9.76. The summed E-state index contributed by atoms with van der Waals surface area (Å²) in [5.41, 5.74) is 9.14. The summed E-state index contributed by atoms with van der Waals surface area (Å²) >= 11 is 0. The number of aliphatic hydroxyl groups is 2. The predicted octanol–water partition coefficient (Wildman–Crippen LogP) is 6.18. The van der Waals surface area contributed by atoms with Crippen LogP contribution in [0.25, 0.3) is 22.3 Å². The van der Waals surface area contributed by atoms with Crippen molar-refractivity contribution in [2.45, 2.75) is 32.5 Å². The fourth-order valence-corrected chi connectivity index (χ4v) is 4.31. The zero-order valence-corrected chi connectivity index (χ0v) is 17.7. The Labute approximate surface area is 184 Å². The van der Waals surface area contributed by atoms with Crippen LogP contribution in [0.2, 0.25) is 0 Å². The van der Waals surface area contributed by atoms with Crippen molar-refractivity contribution < 1.29 is 10.2 Å². The van der Waals surface area contributed by atoms with E-state index in [9.17, 15) is 10.2 Å². The molecule has 0 amide bonds. The number of hydrogen-bond donors (Lipinski definition) is 2.